The van der Waals surface area contributed by atoms with Crippen molar-refractivity contribution in [3.63, 3.8) is 0 Å². The van der Waals surface area contributed by atoms with Crippen LogP contribution >= 0.6 is 0 Å². The van der Waals surface area contributed by atoms with Gasteiger partial charge in [0.05, 0.1) is 41.5 Å². The molecule has 37 heavy (non-hydrogen) atoms. The van der Waals surface area contributed by atoms with Crippen LogP contribution in [0.25, 0.3) is 5.70 Å². The number of rotatable bonds is 8. The van der Waals surface area contributed by atoms with Crippen LogP contribution in [0.15, 0.2) is 36.5 Å². The first-order chi connectivity index (χ1) is 17.5. The zero-order chi connectivity index (χ0) is 27.0. The van der Waals surface area contributed by atoms with Gasteiger partial charge in [-0.3, -0.25) is 9.80 Å². The number of nitrogens with zero attached hydrogens (tertiary/aromatic N) is 1. The number of hydrazine groups is 2. The highest BCUT2D eigenvalue weighted by Crippen LogP contribution is 2.40. The molecule has 1 amide bonds. The average molecular weight is 530 g/mol. The summed E-state index contributed by atoms with van der Waals surface area (Å²) in [7, 11) is 1.53. The van der Waals surface area contributed by atoms with Crippen molar-refractivity contribution in [1.82, 2.24) is 16.0 Å². The fraction of sp³-hybridized carbons (Fsp3) is 0.375. The molecule has 0 bridgehead atoms. The van der Waals surface area contributed by atoms with Crippen LogP contribution in [0.2, 0.25) is 0 Å². The molecule has 7 nitrogen and oxygen atoms in total. The van der Waals surface area contributed by atoms with Gasteiger partial charge in [0, 0.05) is 19.0 Å². The van der Waals surface area contributed by atoms with Crippen molar-refractivity contribution >= 4 is 17.3 Å². The third kappa shape index (κ3) is 5.24. The molecule has 2 aromatic carbocycles. The van der Waals surface area contributed by atoms with Crippen LogP contribution in [-0.4, -0.2) is 41.4 Å². The molecule has 4 N–H and O–H groups in total. The maximum atomic E-state index is 14.9. The Balaban J connectivity index is 1.49. The molecule has 1 atom stereocenters. The van der Waals surface area contributed by atoms with Crippen LogP contribution in [0, 0.1) is 17.5 Å². The lowest BCUT2D eigenvalue weighted by Crippen LogP contribution is -2.61. The quantitative estimate of drug-likeness (QED) is 0.388. The summed E-state index contributed by atoms with van der Waals surface area (Å²) in [6, 6.07) is 3.65. The smallest absolute Gasteiger partial charge is 0.394 e. The number of hydrogen-bond acceptors (Lipinski definition) is 6. The molecule has 2 aliphatic rings. The third-order valence-electron chi connectivity index (χ3n) is 6.64. The largest absolute Gasteiger partial charge is 0.419 e. The lowest BCUT2D eigenvalue weighted by molar-refractivity contribution is -0.140. The van der Waals surface area contributed by atoms with Gasteiger partial charge in [0.2, 0.25) is 5.91 Å². The van der Waals surface area contributed by atoms with E-state index < -0.39 is 64.3 Å². The minimum atomic E-state index is -4.94. The van der Waals surface area contributed by atoms with Gasteiger partial charge in [0.1, 0.15) is 17.5 Å². The number of aliphatic hydroxyl groups excluding tert-OH is 1. The summed E-state index contributed by atoms with van der Waals surface area (Å²) >= 11 is 0. The summed E-state index contributed by atoms with van der Waals surface area (Å²) in [5.74, 6) is -4.65. The number of halogens is 6. The molecule has 13 heteroatoms. The van der Waals surface area contributed by atoms with Crippen molar-refractivity contribution in [2.24, 2.45) is 0 Å². The van der Waals surface area contributed by atoms with Crippen molar-refractivity contribution < 1.29 is 41.0 Å². The van der Waals surface area contributed by atoms with Crippen LogP contribution in [0.3, 0.4) is 0 Å². The number of carbonyl (C=O) groups excluding carboxylic acids is 1. The van der Waals surface area contributed by atoms with Gasteiger partial charge in [0.15, 0.2) is 0 Å². The fourth-order valence-corrected chi connectivity index (χ4v) is 4.55. The maximum absolute atomic E-state index is 14.9. The molecular weight excluding hydrogens is 506 g/mol. The van der Waals surface area contributed by atoms with Crippen LogP contribution in [-0.2, 0) is 22.1 Å². The molecule has 1 unspecified atom stereocenters. The molecule has 1 aliphatic heterocycles. The number of aliphatic hydroxyl groups is 1. The predicted molar refractivity (Wildman–Crippen MR) is 121 cm³/mol. The number of methoxy groups -OCH3 is 1. The summed E-state index contributed by atoms with van der Waals surface area (Å²) < 4.78 is 88.3. The minimum Gasteiger partial charge on any atom is -0.394 e. The number of hydrogen-bond donors (Lipinski definition) is 4. The first-order valence-corrected chi connectivity index (χ1v) is 11.3. The van der Waals surface area contributed by atoms with E-state index in [1.807, 2.05) is 0 Å². The Labute approximate surface area is 208 Å². The van der Waals surface area contributed by atoms with Crippen molar-refractivity contribution in [2.75, 3.05) is 19.0 Å². The number of amides is 1. The second-order valence-electron chi connectivity index (χ2n) is 8.82. The normalized spacial score (nSPS) is 17.6. The first-order valence-electron chi connectivity index (χ1n) is 11.3. The Morgan fingerprint density at radius 2 is 1.89 bits per heavy atom. The molecule has 0 aromatic heterocycles. The summed E-state index contributed by atoms with van der Waals surface area (Å²) in [4.78, 5) is 12.3. The summed E-state index contributed by atoms with van der Waals surface area (Å²) in [6.45, 7) is -0.283. The fourth-order valence-electron chi connectivity index (χ4n) is 4.55. The van der Waals surface area contributed by atoms with Crippen molar-refractivity contribution in [3.8, 4) is 0 Å². The third-order valence-corrected chi connectivity index (χ3v) is 6.64. The van der Waals surface area contributed by atoms with E-state index in [4.69, 9.17) is 4.74 Å². The summed E-state index contributed by atoms with van der Waals surface area (Å²) in [5.41, 5.74) is 2.01. The Morgan fingerprint density at radius 1 is 1.22 bits per heavy atom. The maximum Gasteiger partial charge on any atom is 0.419 e. The van der Waals surface area contributed by atoms with Gasteiger partial charge in [-0.05, 0) is 43.0 Å². The Kier molecular flexibility index (Phi) is 7.40. The lowest BCUT2D eigenvalue weighted by atomic mass is 9.74. The Morgan fingerprint density at radius 3 is 2.43 bits per heavy atom. The number of nitrogens with one attached hydrogen (secondary N) is 3. The average Bonchev–Trinajstić information content (AvgIpc) is 3.25. The lowest BCUT2D eigenvalue weighted by Gasteiger charge is -2.48. The molecule has 2 aromatic rings. The number of anilines is 1. The van der Waals surface area contributed by atoms with E-state index in [0.717, 1.165) is 30.7 Å². The molecule has 0 saturated heterocycles. The van der Waals surface area contributed by atoms with E-state index in [1.165, 1.54) is 18.3 Å². The molecule has 1 aliphatic carbocycles. The van der Waals surface area contributed by atoms with Crippen LogP contribution in [0.5, 0.6) is 0 Å². The molecule has 1 saturated carbocycles. The standard InChI is InChI=1S/C24H24F6N4O3/c1-37-23(6-3-7-23)19(12-35)34-11-18(32-33-34)21-16(25)9-14(10-17(21)26)31-20(36)8-13-4-2-5-15(22(13)27)24(28,29)30/h2,4-5,9-11,19,32-33,35H,3,6-8,12H2,1H3,(H,31,36). The van der Waals surface area contributed by atoms with E-state index in [0.29, 0.717) is 18.9 Å². The highest BCUT2D eigenvalue weighted by Gasteiger charge is 2.47. The van der Waals surface area contributed by atoms with E-state index in [2.05, 4.69) is 16.3 Å². The van der Waals surface area contributed by atoms with E-state index in [1.54, 1.807) is 0 Å². The first kappa shape index (κ1) is 26.8. The van der Waals surface area contributed by atoms with Crippen molar-refractivity contribution in [2.45, 2.75) is 43.5 Å². The van der Waals surface area contributed by atoms with Gasteiger partial charge in [0.25, 0.3) is 0 Å². The van der Waals surface area contributed by atoms with Gasteiger partial charge in [-0.25, -0.2) is 13.2 Å². The zero-order valence-corrected chi connectivity index (χ0v) is 19.6. The second-order valence-corrected chi connectivity index (χ2v) is 8.82. The number of benzene rings is 2. The number of ether oxygens (including phenoxy) is 1. The van der Waals surface area contributed by atoms with Gasteiger partial charge in [-0.2, -0.15) is 13.2 Å². The Hall–Kier alpha value is -3.29. The topological polar surface area (TPSA) is 85.9 Å². The van der Waals surface area contributed by atoms with E-state index >= 15 is 0 Å². The van der Waals surface area contributed by atoms with Crippen LogP contribution in [0.4, 0.5) is 32.0 Å². The molecular formula is C24H24F6N4O3. The minimum absolute atomic E-state index is 0.0166. The molecule has 1 heterocycles. The Bertz CT molecular complexity index is 1190. The molecule has 0 spiro atoms. The number of carbonyl (C=O) groups is 1. The highest BCUT2D eigenvalue weighted by atomic mass is 19.4. The summed E-state index contributed by atoms with van der Waals surface area (Å²) in [5, 5.41) is 13.5. The van der Waals surface area contributed by atoms with Gasteiger partial charge in [-0.15, -0.1) is 5.53 Å². The van der Waals surface area contributed by atoms with Gasteiger partial charge >= 0.3 is 6.18 Å². The van der Waals surface area contributed by atoms with E-state index in [9.17, 15) is 36.2 Å². The number of alkyl halides is 3. The van der Waals surface area contributed by atoms with Crippen LogP contribution in [0.1, 0.15) is 36.0 Å². The molecule has 4 rings (SSSR count). The van der Waals surface area contributed by atoms with Crippen molar-refractivity contribution in [3.05, 3.63) is 70.7 Å². The molecule has 1 fully saturated rings. The molecule has 0 radical (unpaired) electrons. The SMILES string of the molecule is COC1(C(CO)N2C=C(c3c(F)cc(NC(=O)Cc4cccc(C(F)(F)F)c4F)cc3F)NN2)CCC1. The van der Waals surface area contributed by atoms with E-state index in [-0.39, 0.29) is 18.0 Å². The van der Waals surface area contributed by atoms with Gasteiger partial charge < -0.3 is 20.6 Å². The molecule has 200 valence electrons. The highest BCUT2D eigenvalue weighted by molar-refractivity contribution is 5.92. The zero-order valence-electron chi connectivity index (χ0n) is 19.6. The van der Waals surface area contributed by atoms with Crippen molar-refractivity contribution in [1.29, 1.82) is 0 Å². The second kappa shape index (κ2) is 10.2. The van der Waals surface area contributed by atoms with Crippen LogP contribution < -0.4 is 16.3 Å². The van der Waals surface area contributed by atoms with Gasteiger partial charge in [-0.1, -0.05) is 12.1 Å². The monoisotopic (exact) mass is 530 g/mol. The predicted octanol–water partition coefficient (Wildman–Crippen LogP) is 3.86. The summed E-state index contributed by atoms with van der Waals surface area (Å²) in [6.07, 6.45) is -2.01.